The number of amides is 1. The Morgan fingerprint density at radius 2 is 1.97 bits per heavy atom. The van der Waals surface area contributed by atoms with E-state index in [0.717, 1.165) is 18.3 Å². The van der Waals surface area contributed by atoms with Gasteiger partial charge in [0.25, 0.3) is 0 Å². The van der Waals surface area contributed by atoms with E-state index in [1.165, 1.54) is 0 Å². The lowest BCUT2D eigenvalue weighted by Gasteiger charge is -2.29. The van der Waals surface area contributed by atoms with Gasteiger partial charge in [-0.2, -0.15) is 4.98 Å². The number of hydrogen-bond acceptors (Lipinski definition) is 7. The summed E-state index contributed by atoms with van der Waals surface area (Å²) in [5, 5.41) is 7.51. The Bertz CT molecular complexity index is 1260. The summed E-state index contributed by atoms with van der Waals surface area (Å²) in [6.07, 6.45) is 3.85. The monoisotopic (exact) mass is 533 g/mol. The second kappa shape index (κ2) is 10.4. The van der Waals surface area contributed by atoms with Crippen molar-refractivity contribution in [3.05, 3.63) is 28.4 Å². The number of fused-ring (bicyclic) bond motifs is 1. The van der Waals surface area contributed by atoms with Gasteiger partial charge in [0.05, 0.1) is 29.6 Å². The van der Waals surface area contributed by atoms with Crippen LogP contribution in [0.15, 0.2) is 18.3 Å². The van der Waals surface area contributed by atoms with E-state index in [0.29, 0.717) is 64.7 Å². The van der Waals surface area contributed by atoms with Gasteiger partial charge < -0.3 is 21.1 Å². The number of benzene rings is 1. The molecule has 1 aliphatic heterocycles. The molecule has 5 rings (SSSR count). The van der Waals surface area contributed by atoms with Crippen molar-refractivity contribution < 1.29 is 13.9 Å². The zero-order valence-corrected chi connectivity index (χ0v) is 21.3. The van der Waals surface area contributed by atoms with Gasteiger partial charge in [-0.05, 0) is 44.2 Å². The smallest absolute Gasteiger partial charge is 0.225 e. The van der Waals surface area contributed by atoms with Gasteiger partial charge in [0.15, 0.2) is 5.65 Å². The molecule has 3 heterocycles. The fourth-order valence-electron chi connectivity index (χ4n) is 5.02. The molecule has 36 heavy (non-hydrogen) atoms. The van der Waals surface area contributed by atoms with Gasteiger partial charge in [0.2, 0.25) is 17.8 Å². The lowest BCUT2D eigenvalue weighted by molar-refractivity contribution is -0.122. The number of carbonyl (C=O) groups excluding carboxylic acids is 1. The second-order valence-corrected chi connectivity index (χ2v) is 10.3. The molecule has 13 heteroatoms. The highest BCUT2D eigenvalue weighted by Gasteiger charge is 2.30. The molecule has 2 aliphatic rings. The number of nitrogens with two attached hydrogens (primary N) is 1. The molecule has 2 aromatic heterocycles. The lowest BCUT2D eigenvalue weighted by Crippen LogP contribution is -2.39. The standard InChI is InChI=1S/C23H27BCl2FN7O2/c24-14-7-12(25)8-15(26)19(14)32-23-31-18-9-29-22(30-17-5-6-36-10-16(17)27)33-21(18)34(23)13-3-1-11(2-4-13)20(28)35/h7-9,11,13,16-17H,1-6,10,24H2,(H2,28,35)(H,31,32)(H,29,30,33)/t11-,13+,16-,17-/m1/s1. The molecule has 190 valence electrons. The van der Waals surface area contributed by atoms with Crippen LogP contribution in [0.4, 0.5) is 22.0 Å². The van der Waals surface area contributed by atoms with Crippen molar-refractivity contribution in [3.63, 3.8) is 0 Å². The fraction of sp³-hybridized carbons (Fsp3) is 0.478. The quantitative estimate of drug-likeness (QED) is 0.416. The largest absolute Gasteiger partial charge is 0.378 e. The molecule has 2 fully saturated rings. The number of hydrogen-bond donors (Lipinski definition) is 3. The number of nitrogens with zero attached hydrogens (tertiary/aromatic N) is 4. The van der Waals surface area contributed by atoms with Gasteiger partial charge in [0.1, 0.15) is 19.5 Å². The molecule has 9 nitrogen and oxygen atoms in total. The first-order valence-corrected chi connectivity index (χ1v) is 12.8. The SMILES string of the molecule is Bc1cc(Cl)cc(Cl)c1Nc1nc2cnc(N[C@@H]3CCOC[C@H]3F)nc2n1[C@H]1CC[C@@H](C(N)=O)CC1. The molecule has 1 saturated carbocycles. The van der Waals surface area contributed by atoms with Crippen LogP contribution in [0.2, 0.25) is 10.0 Å². The molecule has 2 atom stereocenters. The van der Waals surface area contributed by atoms with Gasteiger partial charge in [-0.25, -0.2) is 14.4 Å². The zero-order valence-electron chi connectivity index (χ0n) is 19.8. The fourth-order valence-corrected chi connectivity index (χ4v) is 5.66. The van der Waals surface area contributed by atoms with Crippen LogP contribution in [-0.2, 0) is 9.53 Å². The van der Waals surface area contributed by atoms with Gasteiger partial charge >= 0.3 is 0 Å². The summed E-state index contributed by atoms with van der Waals surface area (Å²) in [6, 6.07) is 3.10. The average molecular weight is 534 g/mol. The average Bonchev–Trinajstić information content (AvgIpc) is 3.20. The highest BCUT2D eigenvalue weighted by molar-refractivity contribution is 6.44. The Labute approximate surface area is 218 Å². The van der Waals surface area contributed by atoms with Crippen molar-refractivity contribution in [2.24, 2.45) is 11.7 Å². The van der Waals surface area contributed by atoms with Crippen molar-refractivity contribution >= 4 is 71.2 Å². The normalized spacial score (nSPS) is 24.5. The van der Waals surface area contributed by atoms with E-state index in [-0.39, 0.29) is 24.5 Å². The van der Waals surface area contributed by atoms with E-state index in [4.69, 9.17) is 43.6 Å². The van der Waals surface area contributed by atoms with Crippen molar-refractivity contribution in [2.75, 3.05) is 23.8 Å². The van der Waals surface area contributed by atoms with Crippen LogP contribution in [0, 0.1) is 5.92 Å². The summed E-state index contributed by atoms with van der Waals surface area (Å²) >= 11 is 12.7. The molecule has 1 saturated heterocycles. The Hall–Kier alpha value is -2.63. The molecule has 1 aliphatic carbocycles. The number of imidazole rings is 1. The summed E-state index contributed by atoms with van der Waals surface area (Å²) in [6.45, 7) is 0.535. The van der Waals surface area contributed by atoms with E-state index in [2.05, 4.69) is 15.6 Å². The topological polar surface area (TPSA) is 120 Å². The number of alkyl halides is 1. The van der Waals surface area contributed by atoms with E-state index in [9.17, 15) is 9.18 Å². The van der Waals surface area contributed by atoms with Crippen molar-refractivity contribution in [2.45, 2.75) is 50.4 Å². The van der Waals surface area contributed by atoms with Crippen molar-refractivity contribution in [1.82, 2.24) is 19.5 Å². The minimum atomic E-state index is -1.14. The summed E-state index contributed by atoms with van der Waals surface area (Å²) in [5.74, 6) is 0.483. The Morgan fingerprint density at radius 3 is 2.67 bits per heavy atom. The summed E-state index contributed by atoms with van der Waals surface area (Å²) in [4.78, 5) is 25.6. The molecule has 1 aromatic carbocycles. The maximum Gasteiger partial charge on any atom is 0.225 e. The van der Waals surface area contributed by atoms with E-state index < -0.39 is 12.2 Å². The minimum Gasteiger partial charge on any atom is -0.378 e. The first kappa shape index (κ1) is 25.0. The Balaban J connectivity index is 1.53. The summed E-state index contributed by atoms with van der Waals surface area (Å²) in [5.41, 5.74) is 8.32. The molecule has 3 aromatic rings. The Morgan fingerprint density at radius 1 is 1.19 bits per heavy atom. The maximum atomic E-state index is 14.3. The highest BCUT2D eigenvalue weighted by atomic mass is 35.5. The molecule has 0 spiro atoms. The van der Waals surface area contributed by atoms with Crippen LogP contribution in [-0.4, -0.2) is 58.7 Å². The van der Waals surface area contributed by atoms with E-state index in [1.807, 2.05) is 18.5 Å². The number of ether oxygens (including phenoxy) is 1. The number of carbonyl (C=O) groups is 1. The number of halogens is 3. The van der Waals surface area contributed by atoms with Crippen molar-refractivity contribution in [3.8, 4) is 0 Å². The number of aromatic nitrogens is 4. The maximum absolute atomic E-state index is 14.3. The molecule has 0 radical (unpaired) electrons. The Kier molecular flexibility index (Phi) is 7.23. The van der Waals surface area contributed by atoms with Crippen LogP contribution in [0.25, 0.3) is 11.2 Å². The minimum absolute atomic E-state index is 0.0271. The predicted octanol–water partition coefficient (Wildman–Crippen LogP) is 2.89. The second-order valence-electron chi connectivity index (χ2n) is 9.45. The first-order valence-electron chi connectivity index (χ1n) is 12.1. The van der Waals surface area contributed by atoms with Gasteiger partial charge in [-0.3, -0.25) is 9.36 Å². The molecule has 0 unspecified atom stereocenters. The van der Waals surface area contributed by atoms with Gasteiger partial charge in [-0.15, -0.1) is 0 Å². The predicted molar refractivity (Wildman–Crippen MR) is 141 cm³/mol. The number of rotatable bonds is 6. The molecule has 1 amide bonds. The number of anilines is 3. The first-order chi connectivity index (χ1) is 17.3. The van der Waals surface area contributed by atoms with Crippen molar-refractivity contribution in [1.29, 1.82) is 0 Å². The summed E-state index contributed by atoms with van der Waals surface area (Å²) in [7, 11) is 1.91. The third kappa shape index (κ3) is 5.10. The molecule has 0 bridgehead atoms. The molecule has 4 N–H and O–H groups in total. The zero-order chi connectivity index (χ0) is 25.4. The van der Waals surface area contributed by atoms with E-state index >= 15 is 0 Å². The number of nitrogens with one attached hydrogen (secondary N) is 2. The van der Waals surface area contributed by atoms with Crippen LogP contribution >= 0.6 is 23.2 Å². The van der Waals surface area contributed by atoms with Crippen LogP contribution in [0.3, 0.4) is 0 Å². The van der Waals surface area contributed by atoms with Crippen LogP contribution < -0.4 is 21.8 Å². The van der Waals surface area contributed by atoms with E-state index in [1.54, 1.807) is 12.3 Å². The number of primary amides is 1. The highest BCUT2D eigenvalue weighted by Crippen LogP contribution is 2.37. The molecular weight excluding hydrogens is 507 g/mol. The summed E-state index contributed by atoms with van der Waals surface area (Å²) < 4.78 is 21.6. The third-order valence-electron chi connectivity index (χ3n) is 6.99. The molecular formula is C23H27BCl2FN7O2. The van der Waals surface area contributed by atoms with Crippen LogP contribution in [0.1, 0.15) is 38.1 Å². The van der Waals surface area contributed by atoms with Gasteiger partial charge in [0, 0.05) is 23.6 Å². The van der Waals surface area contributed by atoms with Gasteiger partial charge in [-0.1, -0.05) is 28.7 Å². The lowest BCUT2D eigenvalue weighted by atomic mass is 9.85. The third-order valence-corrected chi connectivity index (χ3v) is 7.50. The van der Waals surface area contributed by atoms with Crippen LogP contribution in [0.5, 0.6) is 0 Å².